The molecule has 0 aliphatic rings. The quantitative estimate of drug-likeness (QED) is 0.607. The van der Waals surface area contributed by atoms with E-state index in [4.69, 9.17) is 0 Å². The van der Waals surface area contributed by atoms with Crippen molar-refractivity contribution in [1.29, 1.82) is 0 Å². The Bertz CT molecular complexity index is 267. The lowest BCUT2D eigenvalue weighted by Crippen LogP contribution is -2.03. The highest BCUT2D eigenvalue weighted by Crippen LogP contribution is 2.35. The fourth-order valence-corrected chi connectivity index (χ4v) is 2.44. The minimum atomic E-state index is -4.25. The molecule has 0 saturated heterocycles. The highest BCUT2D eigenvalue weighted by atomic mass is 33.5. The van der Waals surface area contributed by atoms with E-state index < -0.39 is 11.7 Å². The molecule has 0 aliphatic carbocycles. The van der Waals surface area contributed by atoms with E-state index in [1.807, 2.05) is 0 Å². The van der Waals surface area contributed by atoms with E-state index in [0.29, 0.717) is 0 Å². The number of rotatable bonds is 2. The van der Waals surface area contributed by atoms with E-state index in [1.54, 1.807) is 0 Å². The van der Waals surface area contributed by atoms with Crippen molar-refractivity contribution in [1.82, 2.24) is 0 Å². The van der Waals surface area contributed by atoms with Gasteiger partial charge in [-0.1, -0.05) is 11.7 Å². The first-order valence-electron chi connectivity index (χ1n) is 3.19. The van der Waals surface area contributed by atoms with Gasteiger partial charge in [0.1, 0.15) is 0 Å². The summed E-state index contributed by atoms with van der Waals surface area (Å²) in [4.78, 5) is 0.757. The molecule has 0 unspecified atom stereocenters. The summed E-state index contributed by atoms with van der Waals surface area (Å²) in [6.07, 6.45) is -4.25. The molecule has 1 aromatic rings. The predicted octanol–water partition coefficient (Wildman–Crippen LogP) is 4.29. The first-order valence-corrected chi connectivity index (χ1v) is 6.39. The molecule has 1 aromatic carbocycles. The number of hydrogen-bond acceptors (Lipinski definition) is 3. The SMILES string of the molecule is FC(F)(F)c1ccc(SSS)cc1. The van der Waals surface area contributed by atoms with Crippen molar-refractivity contribution in [2.24, 2.45) is 0 Å². The molecule has 0 nitrogen and oxygen atoms in total. The van der Waals surface area contributed by atoms with Gasteiger partial charge in [0, 0.05) is 4.90 Å². The van der Waals surface area contributed by atoms with Gasteiger partial charge in [-0.15, -0.1) is 0 Å². The van der Waals surface area contributed by atoms with Crippen molar-refractivity contribution in [3.8, 4) is 0 Å². The molecule has 0 atom stereocenters. The van der Waals surface area contributed by atoms with Gasteiger partial charge in [-0.05, 0) is 44.9 Å². The number of benzene rings is 1. The van der Waals surface area contributed by atoms with Gasteiger partial charge in [-0.25, -0.2) is 0 Å². The van der Waals surface area contributed by atoms with Gasteiger partial charge in [-0.3, -0.25) is 0 Å². The smallest absolute Gasteiger partial charge is 0.166 e. The zero-order valence-electron chi connectivity index (χ0n) is 6.21. The van der Waals surface area contributed by atoms with Crippen LogP contribution in [0.5, 0.6) is 0 Å². The lowest BCUT2D eigenvalue weighted by atomic mass is 10.2. The van der Waals surface area contributed by atoms with E-state index in [-0.39, 0.29) is 0 Å². The fourth-order valence-electron chi connectivity index (χ4n) is 0.743. The summed E-state index contributed by atoms with van der Waals surface area (Å²) in [7, 11) is 2.51. The van der Waals surface area contributed by atoms with Gasteiger partial charge in [0.2, 0.25) is 0 Å². The molecular formula is C7H5F3S3. The lowest BCUT2D eigenvalue weighted by Gasteiger charge is -2.06. The molecule has 0 aliphatic heterocycles. The highest BCUT2D eigenvalue weighted by molar-refractivity contribution is 9.05. The van der Waals surface area contributed by atoms with E-state index in [1.165, 1.54) is 32.8 Å². The first-order chi connectivity index (χ1) is 6.04. The van der Waals surface area contributed by atoms with Crippen LogP contribution in [0.1, 0.15) is 5.56 Å². The summed E-state index contributed by atoms with van der Waals surface area (Å²) in [5, 5.41) is 0. The van der Waals surface area contributed by atoms with Crippen LogP contribution >= 0.6 is 32.3 Å². The maximum absolute atomic E-state index is 12.1. The Hall–Kier alpha value is 0.0600. The van der Waals surface area contributed by atoms with E-state index >= 15 is 0 Å². The molecule has 0 radical (unpaired) electrons. The van der Waals surface area contributed by atoms with Crippen molar-refractivity contribution in [3.63, 3.8) is 0 Å². The molecule has 0 fully saturated rings. The van der Waals surface area contributed by atoms with Crippen LogP contribution < -0.4 is 0 Å². The summed E-state index contributed by atoms with van der Waals surface area (Å²) >= 11 is 3.87. The van der Waals surface area contributed by atoms with Crippen LogP contribution in [0.3, 0.4) is 0 Å². The number of halogens is 3. The molecule has 0 aromatic heterocycles. The minimum Gasteiger partial charge on any atom is -0.166 e. The molecule has 1 rings (SSSR count). The summed E-state index contributed by atoms with van der Waals surface area (Å²) in [5.41, 5.74) is -0.624. The zero-order chi connectivity index (χ0) is 9.90. The molecule has 0 spiro atoms. The van der Waals surface area contributed by atoms with Crippen LogP contribution in [0.15, 0.2) is 29.2 Å². The van der Waals surface area contributed by atoms with Gasteiger partial charge in [0.25, 0.3) is 0 Å². The fraction of sp³-hybridized carbons (Fsp3) is 0.143. The highest BCUT2D eigenvalue weighted by Gasteiger charge is 2.29. The Kier molecular flexibility index (Phi) is 3.87. The van der Waals surface area contributed by atoms with E-state index in [9.17, 15) is 13.2 Å². The topological polar surface area (TPSA) is 0 Å². The molecular weight excluding hydrogens is 237 g/mol. The zero-order valence-corrected chi connectivity index (χ0v) is 8.73. The molecule has 0 N–H and O–H groups in total. The predicted molar refractivity (Wildman–Crippen MR) is 53.9 cm³/mol. The summed E-state index contributed by atoms with van der Waals surface area (Å²) in [6.45, 7) is 0. The number of alkyl halides is 3. The second-order valence-corrected chi connectivity index (χ2v) is 5.26. The van der Waals surface area contributed by atoms with Crippen LogP contribution in [-0.2, 0) is 6.18 Å². The van der Waals surface area contributed by atoms with Crippen molar-refractivity contribution >= 4 is 32.3 Å². The third kappa shape index (κ3) is 3.36. The largest absolute Gasteiger partial charge is 0.416 e. The Balaban J connectivity index is 2.81. The maximum atomic E-state index is 12.1. The summed E-state index contributed by atoms with van der Waals surface area (Å²) in [5.74, 6) is 0. The number of hydrogen-bond donors (Lipinski definition) is 1. The van der Waals surface area contributed by atoms with Crippen molar-refractivity contribution in [2.45, 2.75) is 11.1 Å². The van der Waals surface area contributed by atoms with Crippen molar-refractivity contribution < 1.29 is 13.2 Å². The van der Waals surface area contributed by atoms with Crippen LogP contribution in [0, 0.1) is 0 Å². The molecule has 72 valence electrons. The average molecular weight is 242 g/mol. The summed E-state index contributed by atoms with van der Waals surface area (Å²) in [6, 6.07) is 4.98. The Morgan fingerprint density at radius 3 is 2.00 bits per heavy atom. The van der Waals surface area contributed by atoms with Gasteiger partial charge in [0.15, 0.2) is 0 Å². The molecule has 0 bridgehead atoms. The van der Waals surface area contributed by atoms with Crippen molar-refractivity contribution in [3.05, 3.63) is 29.8 Å². The van der Waals surface area contributed by atoms with Crippen molar-refractivity contribution in [2.75, 3.05) is 0 Å². The minimum absolute atomic E-state index is 0.624. The number of thiol groups is 1. The lowest BCUT2D eigenvalue weighted by molar-refractivity contribution is -0.137. The van der Waals surface area contributed by atoms with Crippen LogP contribution in [0.2, 0.25) is 0 Å². The molecule has 0 saturated carbocycles. The molecule has 0 heterocycles. The van der Waals surface area contributed by atoms with E-state index in [2.05, 4.69) is 11.7 Å². The van der Waals surface area contributed by atoms with Gasteiger partial charge < -0.3 is 0 Å². The Morgan fingerprint density at radius 2 is 1.62 bits per heavy atom. The Labute approximate surface area is 86.5 Å². The second-order valence-electron chi connectivity index (χ2n) is 2.18. The van der Waals surface area contributed by atoms with E-state index in [0.717, 1.165) is 17.0 Å². The van der Waals surface area contributed by atoms with Gasteiger partial charge >= 0.3 is 6.18 Å². The maximum Gasteiger partial charge on any atom is 0.416 e. The second kappa shape index (κ2) is 4.52. The monoisotopic (exact) mass is 242 g/mol. The van der Waals surface area contributed by atoms with Gasteiger partial charge in [-0.2, -0.15) is 13.2 Å². The standard InChI is InChI=1S/C7H5F3S3/c8-7(9,10)5-1-3-6(4-2-5)12-13-11/h1-4,11H. The third-order valence-electron chi connectivity index (χ3n) is 1.32. The normalized spacial score (nSPS) is 11.7. The van der Waals surface area contributed by atoms with Crippen LogP contribution in [-0.4, -0.2) is 0 Å². The van der Waals surface area contributed by atoms with Gasteiger partial charge in [0.05, 0.1) is 5.56 Å². The molecule has 13 heavy (non-hydrogen) atoms. The average Bonchev–Trinajstić information content (AvgIpc) is 2.04. The van der Waals surface area contributed by atoms with Crippen LogP contribution in [0.25, 0.3) is 0 Å². The van der Waals surface area contributed by atoms with Crippen LogP contribution in [0.4, 0.5) is 13.2 Å². The summed E-state index contributed by atoms with van der Waals surface area (Å²) < 4.78 is 36.2. The third-order valence-corrected chi connectivity index (χ3v) is 3.33. The first kappa shape index (κ1) is 11.1. The molecule has 0 amide bonds. The molecule has 6 heteroatoms. The Morgan fingerprint density at radius 1 is 1.08 bits per heavy atom.